The molecule has 0 spiro atoms. The Morgan fingerprint density at radius 3 is 2.38 bits per heavy atom. The molecule has 4 nitrogen and oxygen atoms in total. The zero-order valence-corrected chi connectivity index (χ0v) is 15.1. The molecule has 1 heterocycles. The molecular weight excluding hydrogens is 366 g/mol. The van der Waals surface area contributed by atoms with Crippen LogP contribution in [0.5, 0.6) is 0 Å². The topological polar surface area (TPSA) is 46.9 Å². The highest BCUT2D eigenvalue weighted by molar-refractivity contribution is 9.10. The summed E-state index contributed by atoms with van der Waals surface area (Å²) >= 11 is 3.44. The number of carbonyl (C=O) groups is 1. The van der Waals surface area contributed by atoms with Gasteiger partial charge in [0.05, 0.1) is 11.4 Å². The fraction of sp³-hybridized carbons (Fsp3) is 0.158. The first kappa shape index (κ1) is 16.5. The van der Waals surface area contributed by atoms with Crippen LogP contribution in [0.4, 0.5) is 5.82 Å². The molecule has 1 amide bonds. The van der Waals surface area contributed by atoms with Gasteiger partial charge in [0.25, 0.3) is 0 Å². The lowest BCUT2D eigenvalue weighted by atomic mass is 10.1. The van der Waals surface area contributed by atoms with E-state index in [2.05, 4.69) is 26.3 Å². The van der Waals surface area contributed by atoms with Crippen molar-refractivity contribution in [3.05, 3.63) is 65.1 Å². The van der Waals surface area contributed by atoms with Crippen LogP contribution in [0.1, 0.15) is 13.8 Å². The summed E-state index contributed by atoms with van der Waals surface area (Å²) in [6.07, 6.45) is 0. The second-order valence-electron chi connectivity index (χ2n) is 5.81. The van der Waals surface area contributed by atoms with Gasteiger partial charge in [0, 0.05) is 22.0 Å². The summed E-state index contributed by atoms with van der Waals surface area (Å²) < 4.78 is 2.75. The third-order valence-electron chi connectivity index (χ3n) is 3.63. The van der Waals surface area contributed by atoms with Crippen LogP contribution < -0.4 is 5.32 Å². The number of carbonyl (C=O) groups excluding carboxylic acids is 1. The van der Waals surface area contributed by atoms with Crippen LogP contribution in [0, 0.1) is 5.92 Å². The largest absolute Gasteiger partial charge is 0.310 e. The van der Waals surface area contributed by atoms with Gasteiger partial charge in [-0.15, -0.1) is 0 Å². The van der Waals surface area contributed by atoms with E-state index in [0.29, 0.717) is 5.82 Å². The van der Waals surface area contributed by atoms with Gasteiger partial charge in [0.1, 0.15) is 5.82 Å². The van der Waals surface area contributed by atoms with E-state index in [1.54, 1.807) is 4.68 Å². The van der Waals surface area contributed by atoms with E-state index < -0.39 is 0 Å². The summed E-state index contributed by atoms with van der Waals surface area (Å²) in [4.78, 5) is 12.1. The number of rotatable bonds is 4. The monoisotopic (exact) mass is 383 g/mol. The van der Waals surface area contributed by atoms with Crippen molar-refractivity contribution in [3.8, 4) is 16.9 Å². The molecule has 0 aliphatic carbocycles. The van der Waals surface area contributed by atoms with Crippen molar-refractivity contribution in [2.75, 3.05) is 5.32 Å². The first-order chi connectivity index (χ1) is 11.5. The molecule has 5 heteroatoms. The predicted octanol–water partition coefficient (Wildman–Crippen LogP) is 4.90. The highest BCUT2D eigenvalue weighted by atomic mass is 79.9. The maximum atomic E-state index is 12.1. The molecule has 0 saturated heterocycles. The van der Waals surface area contributed by atoms with E-state index in [9.17, 15) is 4.79 Å². The fourth-order valence-electron chi connectivity index (χ4n) is 2.27. The van der Waals surface area contributed by atoms with Gasteiger partial charge in [-0.3, -0.25) is 4.79 Å². The normalized spacial score (nSPS) is 10.8. The van der Waals surface area contributed by atoms with E-state index in [-0.39, 0.29) is 11.8 Å². The van der Waals surface area contributed by atoms with Crippen LogP contribution in [0.2, 0.25) is 0 Å². The van der Waals surface area contributed by atoms with E-state index in [4.69, 9.17) is 0 Å². The van der Waals surface area contributed by atoms with E-state index in [0.717, 1.165) is 21.4 Å². The number of nitrogens with one attached hydrogen (secondary N) is 1. The molecule has 0 saturated carbocycles. The second-order valence-corrected chi connectivity index (χ2v) is 6.73. The molecule has 0 fully saturated rings. The average molecular weight is 384 g/mol. The number of anilines is 1. The third-order valence-corrected chi connectivity index (χ3v) is 4.15. The van der Waals surface area contributed by atoms with Gasteiger partial charge >= 0.3 is 0 Å². The Bertz CT molecular complexity index is 839. The number of aromatic nitrogens is 2. The van der Waals surface area contributed by atoms with E-state index in [1.165, 1.54) is 0 Å². The Hall–Kier alpha value is -2.40. The zero-order valence-electron chi connectivity index (χ0n) is 13.5. The summed E-state index contributed by atoms with van der Waals surface area (Å²) in [7, 11) is 0. The molecule has 2 aromatic carbocycles. The molecule has 0 aliphatic heterocycles. The third kappa shape index (κ3) is 3.57. The molecule has 0 bridgehead atoms. The fourth-order valence-corrected chi connectivity index (χ4v) is 2.53. The van der Waals surface area contributed by atoms with Crippen LogP contribution in [-0.4, -0.2) is 15.7 Å². The number of nitrogens with zero attached hydrogens (tertiary/aromatic N) is 2. The van der Waals surface area contributed by atoms with Gasteiger partial charge in [0.2, 0.25) is 5.91 Å². The quantitative estimate of drug-likeness (QED) is 0.696. The van der Waals surface area contributed by atoms with Gasteiger partial charge < -0.3 is 5.32 Å². The summed E-state index contributed by atoms with van der Waals surface area (Å²) in [5.41, 5.74) is 2.71. The lowest BCUT2D eigenvalue weighted by molar-refractivity contribution is -0.118. The van der Waals surface area contributed by atoms with Gasteiger partial charge in [-0.1, -0.05) is 60.1 Å². The van der Waals surface area contributed by atoms with E-state index in [1.807, 2.05) is 74.5 Å². The first-order valence-electron chi connectivity index (χ1n) is 7.77. The Kier molecular flexibility index (Phi) is 4.81. The van der Waals surface area contributed by atoms with Gasteiger partial charge in [-0.05, 0) is 24.3 Å². The highest BCUT2D eigenvalue weighted by Gasteiger charge is 2.15. The van der Waals surface area contributed by atoms with Crippen LogP contribution in [0.25, 0.3) is 16.9 Å². The summed E-state index contributed by atoms with van der Waals surface area (Å²) in [6.45, 7) is 3.74. The molecule has 0 radical (unpaired) electrons. The SMILES string of the molecule is CC(C)C(=O)Nc1cc(-c2ccccc2)nn1-c1ccc(Br)cc1. The van der Waals surface area contributed by atoms with Crippen molar-refractivity contribution in [3.63, 3.8) is 0 Å². The lowest BCUT2D eigenvalue weighted by Crippen LogP contribution is -2.19. The Balaban J connectivity index is 2.06. The van der Waals surface area contributed by atoms with Crippen molar-refractivity contribution >= 4 is 27.7 Å². The van der Waals surface area contributed by atoms with Gasteiger partial charge in [0.15, 0.2) is 0 Å². The van der Waals surface area contributed by atoms with Crippen LogP contribution in [0.15, 0.2) is 65.1 Å². The number of amides is 1. The molecule has 3 rings (SSSR count). The highest BCUT2D eigenvalue weighted by Crippen LogP contribution is 2.25. The second kappa shape index (κ2) is 7.01. The number of hydrogen-bond acceptors (Lipinski definition) is 2. The molecule has 0 atom stereocenters. The number of halogens is 1. The Labute approximate surface area is 149 Å². The summed E-state index contributed by atoms with van der Waals surface area (Å²) in [6, 6.07) is 19.6. The molecule has 0 aliphatic rings. The number of benzene rings is 2. The average Bonchev–Trinajstić information content (AvgIpc) is 3.00. The maximum absolute atomic E-state index is 12.1. The predicted molar refractivity (Wildman–Crippen MR) is 100 cm³/mol. The van der Waals surface area contributed by atoms with Crippen molar-refractivity contribution in [1.29, 1.82) is 0 Å². The van der Waals surface area contributed by atoms with Crippen LogP contribution >= 0.6 is 15.9 Å². The smallest absolute Gasteiger partial charge is 0.228 e. The maximum Gasteiger partial charge on any atom is 0.228 e. The van der Waals surface area contributed by atoms with Gasteiger partial charge in [-0.2, -0.15) is 5.10 Å². The van der Waals surface area contributed by atoms with Crippen molar-refractivity contribution in [1.82, 2.24) is 9.78 Å². The molecule has 1 N–H and O–H groups in total. The minimum Gasteiger partial charge on any atom is -0.310 e. The van der Waals surface area contributed by atoms with Crippen LogP contribution in [-0.2, 0) is 4.79 Å². The standard InChI is InChI=1S/C19H18BrN3O/c1-13(2)19(24)21-18-12-17(14-6-4-3-5-7-14)22-23(18)16-10-8-15(20)9-11-16/h3-13H,1-2H3,(H,21,24). The lowest BCUT2D eigenvalue weighted by Gasteiger charge is -2.10. The molecule has 3 aromatic rings. The summed E-state index contributed by atoms with van der Waals surface area (Å²) in [5.74, 6) is 0.529. The minimum atomic E-state index is -0.0987. The summed E-state index contributed by atoms with van der Waals surface area (Å²) in [5, 5.41) is 7.64. The van der Waals surface area contributed by atoms with Gasteiger partial charge in [-0.25, -0.2) is 4.68 Å². The number of hydrogen-bond donors (Lipinski definition) is 1. The van der Waals surface area contributed by atoms with Crippen molar-refractivity contribution in [2.45, 2.75) is 13.8 Å². The molecule has 122 valence electrons. The van der Waals surface area contributed by atoms with Crippen molar-refractivity contribution in [2.24, 2.45) is 5.92 Å². The zero-order chi connectivity index (χ0) is 17.1. The van der Waals surface area contributed by atoms with E-state index >= 15 is 0 Å². The molecular formula is C19H18BrN3O. The molecule has 1 aromatic heterocycles. The van der Waals surface area contributed by atoms with Crippen molar-refractivity contribution < 1.29 is 4.79 Å². The Morgan fingerprint density at radius 1 is 1.08 bits per heavy atom. The van der Waals surface area contributed by atoms with Crippen LogP contribution in [0.3, 0.4) is 0 Å². The minimum absolute atomic E-state index is 0.0344. The first-order valence-corrected chi connectivity index (χ1v) is 8.56. The molecule has 0 unspecified atom stereocenters. The Morgan fingerprint density at radius 2 is 1.75 bits per heavy atom. The molecule has 24 heavy (non-hydrogen) atoms.